The van der Waals surface area contributed by atoms with Crippen molar-refractivity contribution in [1.29, 1.82) is 0 Å². The van der Waals surface area contributed by atoms with E-state index in [1.54, 1.807) is 11.1 Å². The summed E-state index contributed by atoms with van der Waals surface area (Å²) in [5.74, 6) is 0.605. The van der Waals surface area contributed by atoms with Crippen LogP contribution in [0.25, 0.3) is 0 Å². The first-order valence-corrected chi connectivity index (χ1v) is 6.41. The molecule has 5 nitrogen and oxygen atoms in total. The molecule has 0 N–H and O–H groups in total. The van der Waals surface area contributed by atoms with Crippen LogP contribution in [0.15, 0.2) is 18.3 Å². The van der Waals surface area contributed by atoms with Gasteiger partial charge in [0, 0.05) is 12.3 Å². The van der Waals surface area contributed by atoms with Crippen molar-refractivity contribution in [3.05, 3.63) is 23.9 Å². The number of likely N-dealkylation sites (tertiary alicyclic amines) is 1. The Hall–Kier alpha value is -1.78. The molecule has 0 radical (unpaired) electrons. The molecule has 1 aromatic rings. The van der Waals surface area contributed by atoms with Crippen molar-refractivity contribution in [2.75, 3.05) is 13.1 Å². The van der Waals surface area contributed by atoms with Gasteiger partial charge in [-0.1, -0.05) is 0 Å². The normalized spacial score (nSPS) is 15.9. The predicted octanol–water partition coefficient (Wildman–Crippen LogP) is 2.39. The Balaban J connectivity index is 1.79. The smallest absolute Gasteiger partial charge is 0.410 e. The fourth-order valence-electron chi connectivity index (χ4n) is 1.73. The highest BCUT2D eigenvalue weighted by Crippen LogP contribution is 2.19. The SMILES string of the molecule is Cc1ccnc(OC2CN(C(=O)OC(C)(C)C)C2)c1. The number of ether oxygens (including phenoxy) is 2. The first-order chi connectivity index (χ1) is 8.83. The van der Waals surface area contributed by atoms with Crippen molar-refractivity contribution in [3.8, 4) is 5.88 Å². The summed E-state index contributed by atoms with van der Waals surface area (Å²) in [5.41, 5.74) is 0.648. The standard InChI is InChI=1S/C14H20N2O3/c1-10-5-6-15-12(7-10)18-11-8-16(9-11)13(17)19-14(2,3)4/h5-7,11H,8-9H2,1-4H3. The van der Waals surface area contributed by atoms with E-state index in [9.17, 15) is 4.79 Å². The lowest BCUT2D eigenvalue weighted by molar-refractivity contribution is -0.0232. The Bertz CT molecular complexity index is 462. The van der Waals surface area contributed by atoms with Gasteiger partial charge in [-0.2, -0.15) is 0 Å². The number of rotatable bonds is 2. The van der Waals surface area contributed by atoms with Gasteiger partial charge in [0.15, 0.2) is 0 Å². The van der Waals surface area contributed by atoms with Crippen LogP contribution in [-0.2, 0) is 4.74 Å². The molecule has 1 aromatic heterocycles. The quantitative estimate of drug-likeness (QED) is 0.823. The van der Waals surface area contributed by atoms with Crippen molar-refractivity contribution in [3.63, 3.8) is 0 Å². The van der Waals surface area contributed by atoms with Crippen LogP contribution < -0.4 is 4.74 Å². The lowest BCUT2D eigenvalue weighted by Gasteiger charge is -2.39. The maximum atomic E-state index is 11.7. The molecule has 2 heterocycles. The van der Waals surface area contributed by atoms with Crippen molar-refractivity contribution >= 4 is 6.09 Å². The molecule has 1 amide bonds. The van der Waals surface area contributed by atoms with Crippen LogP contribution in [-0.4, -0.2) is 40.8 Å². The van der Waals surface area contributed by atoms with E-state index in [1.165, 1.54) is 0 Å². The lowest BCUT2D eigenvalue weighted by atomic mass is 10.1. The highest BCUT2D eigenvalue weighted by molar-refractivity contribution is 5.69. The Kier molecular flexibility index (Phi) is 3.64. The van der Waals surface area contributed by atoms with Gasteiger partial charge in [0.25, 0.3) is 0 Å². The molecule has 2 rings (SSSR count). The number of hydrogen-bond acceptors (Lipinski definition) is 4. The highest BCUT2D eigenvalue weighted by atomic mass is 16.6. The zero-order valence-electron chi connectivity index (χ0n) is 11.8. The number of amides is 1. The van der Waals surface area contributed by atoms with Gasteiger partial charge >= 0.3 is 6.09 Å². The van der Waals surface area contributed by atoms with Crippen molar-refractivity contribution < 1.29 is 14.3 Å². The molecular weight excluding hydrogens is 244 g/mol. The van der Waals surface area contributed by atoms with Crippen LogP contribution in [0.5, 0.6) is 5.88 Å². The average molecular weight is 264 g/mol. The largest absolute Gasteiger partial charge is 0.471 e. The van der Waals surface area contributed by atoms with Gasteiger partial charge in [0.2, 0.25) is 5.88 Å². The summed E-state index contributed by atoms with van der Waals surface area (Å²) < 4.78 is 11.0. The van der Waals surface area contributed by atoms with E-state index < -0.39 is 5.60 Å². The van der Waals surface area contributed by atoms with Gasteiger partial charge in [-0.15, -0.1) is 0 Å². The average Bonchev–Trinajstić information content (AvgIpc) is 2.20. The van der Waals surface area contributed by atoms with E-state index in [-0.39, 0.29) is 12.2 Å². The number of nitrogens with zero attached hydrogens (tertiary/aromatic N) is 2. The third kappa shape index (κ3) is 3.84. The van der Waals surface area contributed by atoms with Gasteiger partial charge in [0.1, 0.15) is 11.7 Å². The molecular formula is C14H20N2O3. The molecule has 1 fully saturated rings. The summed E-state index contributed by atoms with van der Waals surface area (Å²) in [7, 11) is 0. The molecule has 19 heavy (non-hydrogen) atoms. The second-order valence-corrected chi connectivity index (χ2v) is 5.80. The van der Waals surface area contributed by atoms with E-state index in [4.69, 9.17) is 9.47 Å². The molecule has 1 aliphatic heterocycles. The Morgan fingerprint density at radius 2 is 2.11 bits per heavy atom. The molecule has 0 atom stereocenters. The fourth-order valence-corrected chi connectivity index (χ4v) is 1.73. The second kappa shape index (κ2) is 5.07. The van der Waals surface area contributed by atoms with E-state index in [2.05, 4.69) is 4.98 Å². The maximum Gasteiger partial charge on any atom is 0.410 e. The van der Waals surface area contributed by atoms with E-state index in [1.807, 2.05) is 39.8 Å². The van der Waals surface area contributed by atoms with E-state index in [0.717, 1.165) is 5.56 Å². The summed E-state index contributed by atoms with van der Waals surface area (Å²) in [6.07, 6.45) is 1.43. The summed E-state index contributed by atoms with van der Waals surface area (Å²) >= 11 is 0. The zero-order valence-corrected chi connectivity index (χ0v) is 11.8. The Morgan fingerprint density at radius 1 is 1.42 bits per heavy atom. The first-order valence-electron chi connectivity index (χ1n) is 6.41. The number of aryl methyl sites for hydroxylation is 1. The van der Waals surface area contributed by atoms with E-state index >= 15 is 0 Å². The van der Waals surface area contributed by atoms with Crippen molar-refractivity contribution in [2.45, 2.75) is 39.4 Å². The van der Waals surface area contributed by atoms with Crippen LogP contribution in [0.2, 0.25) is 0 Å². The number of pyridine rings is 1. The van der Waals surface area contributed by atoms with Crippen LogP contribution in [0.3, 0.4) is 0 Å². The molecule has 104 valence electrons. The third-order valence-corrected chi connectivity index (χ3v) is 2.68. The molecule has 0 unspecified atom stereocenters. The molecule has 0 spiro atoms. The number of aromatic nitrogens is 1. The summed E-state index contributed by atoms with van der Waals surface area (Å²) in [5, 5.41) is 0. The van der Waals surface area contributed by atoms with Gasteiger partial charge in [-0.05, 0) is 39.3 Å². The predicted molar refractivity (Wildman–Crippen MR) is 71.2 cm³/mol. The Morgan fingerprint density at radius 3 is 2.68 bits per heavy atom. The van der Waals surface area contributed by atoms with Gasteiger partial charge in [-0.25, -0.2) is 9.78 Å². The highest BCUT2D eigenvalue weighted by Gasteiger charge is 2.35. The lowest BCUT2D eigenvalue weighted by Crippen LogP contribution is -2.57. The minimum absolute atomic E-state index is 0.00168. The summed E-state index contributed by atoms with van der Waals surface area (Å²) in [4.78, 5) is 17.5. The molecule has 5 heteroatoms. The minimum Gasteiger partial charge on any atom is -0.471 e. The van der Waals surface area contributed by atoms with E-state index in [0.29, 0.717) is 19.0 Å². The monoisotopic (exact) mass is 264 g/mol. The number of carbonyl (C=O) groups is 1. The summed E-state index contributed by atoms with van der Waals surface area (Å²) in [6, 6.07) is 3.80. The zero-order chi connectivity index (χ0) is 14.0. The maximum absolute atomic E-state index is 11.7. The van der Waals surface area contributed by atoms with Crippen LogP contribution >= 0.6 is 0 Å². The first kappa shape index (κ1) is 13.6. The van der Waals surface area contributed by atoms with Gasteiger partial charge in [-0.3, -0.25) is 0 Å². The number of carbonyl (C=O) groups excluding carboxylic acids is 1. The van der Waals surface area contributed by atoms with Gasteiger partial charge < -0.3 is 14.4 Å². The van der Waals surface area contributed by atoms with Gasteiger partial charge in [0.05, 0.1) is 13.1 Å². The fraction of sp³-hybridized carbons (Fsp3) is 0.571. The van der Waals surface area contributed by atoms with Crippen LogP contribution in [0.1, 0.15) is 26.3 Å². The minimum atomic E-state index is -0.457. The molecule has 0 bridgehead atoms. The molecule has 1 aliphatic rings. The van der Waals surface area contributed by atoms with Crippen LogP contribution in [0.4, 0.5) is 4.79 Å². The topological polar surface area (TPSA) is 51.7 Å². The number of hydrogen-bond donors (Lipinski definition) is 0. The molecule has 0 saturated carbocycles. The second-order valence-electron chi connectivity index (χ2n) is 5.80. The molecule has 0 aliphatic carbocycles. The molecule has 0 aromatic carbocycles. The molecule has 1 saturated heterocycles. The van der Waals surface area contributed by atoms with Crippen molar-refractivity contribution in [2.24, 2.45) is 0 Å². The summed E-state index contributed by atoms with van der Waals surface area (Å²) in [6.45, 7) is 8.65. The van der Waals surface area contributed by atoms with Crippen molar-refractivity contribution in [1.82, 2.24) is 9.88 Å². The van der Waals surface area contributed by atoms with Crippen LogP contribution in [0, 0.1) is 6.92 Å². The third-order valence-electron chi connectivity index (χ3n) is 2.68. The Labute approximate surface area is 113 Å².